The van der Waals surface area contributed by atoms with Gasteiger partial charge in [-0.1, -0.05) is 54.3 Å². The molecule has 0 fully saturated rings. The Hall–Kier alpha value is -1.94. The maximum atomic E-state index is 3.34. The maximum absolute atomic E-state index is 3.34. The topological polar surface area (TPSA) is 3.24 Å². The van der Waals surface area contributed by atoms with Gasteiger partial charge in [-0.3, -0.25) is 0 Å². The number of para-hydroxylation sites is 1. The van der Waals surface area contributed by atoms with Gasteiger partial charge in [-0.25, -0.2) is 0 Å². The van der Waals surface area contributed by atoms with Crippen molar-refractivity contribution in [3.63, 3.8) is 0 Å². The highest BCUT2D eigenvalue weighted by Gasteiger charge is 2.20. The Bertz CT molecular complexity index is 528. The van der Waals surface area contributed by atoms with Gasteiger partial charge in [-0.15, -0.1) is 0 Å². The number of likely N-dealkylation sites (N-methyl/N-ethyl adjacent to an activating group) is 1. The Morgan fingerprint density at radius 3 is 2.81 bits per heavy atom. The second-order valence-electron chi connectivity index (χ2n) is 4.15. The molecule has 3 rings (SSSR count). The lowest BCUT2D eigenvalue weighted by molar-refractivity contribution is 0.915. The smallest absolute Gasteiger partial charge is 0.109 e. The molecule has 2 bridgehead atoms. The molecule has 1 heteroatoms. The van der Waals surface area contributed by atoms with E-state index in [2.05, 4.69) is 72.4 Å². The lowest BCUT2D eigenvalue weighted by Crippen LogP contribution is -2.28. The first-order chi connectivity index (χ1) is 7.86. The van der Waals surface area contributed by atoms with Crippen LogP contribution >= 0.6 is 0 Å². The van der Waals surface area contributed by atoms with Gasteiger partial charge >= 0.3 is 0 Å². The largest absolute Gasteiger partial charge is 0.357 e. The molecular weight excluding hydrogens is 194 g/mol. The van der Waals surface area contributed by atoms with Crippen LogP contribution in [0, 0.1) is 11.8 Å². The number of nitrogens with zero attached hydrogens (tertiary/aromatic N) is 1. The molecule has 1 aromatic carbocycles. The minimum atomic E-state index is 0.191. The van der Waals surface area contributed by atoms with Crippen LogP contribution in [0.15, 0.2) is 48.6 Å². The highest BCUT2D eigenvalue weighted by molar-refractivity contribution is 5.63. The minimum Gasteiger partial charge on any atom is -0.357 e. The summed E-state index contributed by atoms with van der Waals surface area (Å²) in [4.78, 5) is 2.24. The van der Waals surface area contributed by atoms with E-state index in [4.69, 9.17) is 0 Å². The van der Waals surface area contributed by atoms with Crippen LogP contribution < -0.4 is 4.90 Å². The molecule has 1 heterocycles. The van der Waals surface area contributed by atoms with Crippen molar-refractivity contribution < 1.29 is 0 Å². The summed E-state index contributed by atoms with van der Waals surface area (Å²) in [6.07, 6.45) is 8.49. The molecule has 1 nitrogen and oxygen atoms in total. The van der Waals surface area contributed by atoms with Crippen molar-refractivity contribution in [2.45, 2.75) is 12.0 Å². The van der Waals surface area contributed by atoms with Crippen LogP contribution in [-0.4, -0.2) is 13.1 Å². The van der Waals surface area contributed by atoms with Gasteiger partial charge in [0, 0.05) is 12.7 Å². The molecule has 0 saturated heterocycles. The molecule has 78 valence electrons. The second kappa shape index (κ2) is 3.57. The third kappa shape index (κ3) is 1.35. The zero-order valence-electron chi connectivity index (χ0n) is 9.22. The number of rotatable bonds is 0. The second-order valence-corrected chi connectivity index (χ2v) is 4.15. The number of fused-ring (bicyclic) bond motifs is 4. The van der Waals surface area contributed by atoms with Gasteiger partial charge in [0.15, 0.2) is 0 Å². The Balaban J connectivity index is 2.24. The summed E-state index contributed by atoms with van der Waals surface area (Å²) in [5, 5.41) is 0. The molecule has 16 heavy (non-hydrogen) atoms. The summed E-state index contributed by atoms with van der Waals surface area (Å²) in [6, 6.07) is 8.69. The molecule has 1 aromatic rings. The van der Waals surface area contributed by atoms with Crippen LogP contribution in [0.25, 0.3) is 0 Å². The quantitative estimate of drug-likeness (QED) is 0.591. The van der Waals surface area contributed by atoms with Gasteiger partial charge in [0.1, 0.15) is 6.04 Å². The van der Waals surface area contributed by atoms with E-state index in [1.54, 1.807) is 0 Å². The monoisotopic (exact) mass is 207 g/mol. The number of hydrogen-bond donors (Lipinski definition) is 0. The summed E-state index contributed by atoms with van der Waals surface area (Å²) < 4.78 is 0. The summed E-state index contributed by atoms with van der Waals surface area (Å²) >= 11 is 0. The van der Waals surface area contributed by atoms with E-state index < -0.39 is 0 Å². The zero-order valence-corrected chi connectivity index (χ0v) is 9.22. The van der Waals surface area contributed by atoms with Crippen LogP contribution in [0.1, 0.15) is 11.5 Å². The third-order valence-corrected chi connectivity index (χ3v) is 3.16. The number of allylic oxidation sites excluding steroid dienone is 3. The fourth-order valence-electron chi connectivity index (χ4n) is 2.24. The minimum absolute atomic E-state index is 0.191. The molecule has 1 aliphatic carbocycles. The van der Waals surface area contributed by atoms with Crippen molar-refractivity contribution in [2.24, 2.45) is 0 Å². The van der Waals surface area contributed by atoms with Crippen molar-refractivity contribution >= 4 is 5.69 Å². The summed E-state index contributed by atoms with van der Waals surface area (Å²) in [5.41, 5.74) is 2.58. The molecule has 1 aliphatic heterocycles. The molecule has 0 radical (unpaired) electrons. The van der Waals surface area contributed by atoms with E-state index in [1.165, 1.54) is 11.3 Å². The van der Waals surface area contributed by atoms with E-state index >= 15 is 0 Å². The summed E-state index contributed by atoms with van der Waals surface area (Å²) in [5.74, 6) is 6.89. The first-order valence-corrected chi connectivity index (χ1v) is 5.54. The lowest BCUT2D eigenvalue weighted by Gasteiger charge is -2.24. The van der Waals surface area contributed by atoms with Crippen LogP contribution in [0.2, 0.25) is 0 Å². The average Bonchev–Trinajstić information content (AvgIpc) is 2.36. The molecule has 0 N–H and O–H groups in total. The molecule has 2 aliphatic rings. The average molecular weight is 207 g/mol. The Kier molecular flexibility index (Phi) is 2.08. The molecule has 2 atom stereocenters. The van der Waals surface area contributed by atoms with Crippen molar-refractivity contribution in [3.05, 3.63) is 54.1 Å². The van der Waals surface area contributed by atoms with E-state index in [-0.39, 0.29) is 12.0 Å². The van der Waals surface area contributed by atoms with E-state index in [9.17, 15) is 0 Å². The Morgan fingerprint density at radius 1 is 1.06 bits per heavy atom. The van der Waals surface area contributed by atoms with Gasteiger partial charge in [0.2, 0.25) is 0 Å². The van der Waals surface area contributed by atoms with Crippen LogP contribution in [0.5, 0.6) is 0 Å². The van der Waals surface area contributed by atoms with Crippen molar-refractivity contribution in [1.29, 1.82) is 0 Å². The Morgan fingerprint density at radius 2 is 1.88 bits per heavy atom. The molecule has 2 unspecified atom stereocenters. The zero-order chi connectivity index (χ0) is 11.0. The number of anilines is 1. The number of hydrogen-bond acceptors (Lipinski definition) is 1. The predicted octanol–water partition coefficient (Wildman–Crippen LogP) is 2.72. The van der Waals surface area contributed by atoms with Crippen LogP contribution in [-0.2, 0) is 0 Å². The summed E-state index contributed by atoms with van der Waals surface area (Å²) in [7, 11) is 2.11. The third-order valence-electron chi connectivity index (χ3n) is 3.16. The SMILES string of the molecule is CN1c2ccccc2C2C#CC1/C=C\C=C2. The fourth-order valence-corrected chi connectivity index (χ4v) is 2.24. The van der Waals surface area contributed by atoms with Crippen molar-refractivity contribution in [1.82, 2.24) is 0 Å². The standard InChI is InChI=1S/C15H13N/c1-16-13-7-3-2-6-12(10-11-13)14-8-4-5-9-15(14)16/h2-9,12-13H,1H3/b6-2?,7-3-. The fraction of sp³-hybridized carbons (Fsp3) is 0.200. The highest BCUT2D eigenvalue weighted by atomic mass is 15.1. The first-order valence-electron chi connectivity index (χ1n) is 5.54. The Labute approximate surface area is 96.1 Å². The van der Waals surface area contributed by atoms with Gasteiger partial charge < -0.3 is 4.90 Å². The summed E-state index contributed by atoms with van der Waals surface area (Å²) in [6.45, 7) is 0. The van der Waals surface area contributed by atoms with Crippen LogP contribution in [0.4, 0.5) is 5.69 Å². The van der Waals surface area contributed by atoms with Crippen molar-refractivity contribution in [2.75, 3.05) is 11.9 Å². The van der Waals surface area contributed by atoms with E-state index in [0.29, 0.717) is 0 Å². The van der Waals surface area contributed by atoms with Gasteiger partial charge in [-0.2, -0.15) is 0 Å². The molecule has 0 spiro atoms. The van der Waals surface area contributed by atoms with E-state index in [0.717, 1.165) is 0 Å². The maximum Gasteiger partial charge on any atom is 0.109 e. The molecular formula is C15H13N. The first kappa shape index (κ1) is 9.30. The lowest BCUT2D eigenvalue weighted by atomic mass is 9.97. The predicted molar refractivity (Wildman–Crippen MR) is 67.4 cm³/mol. The number of benzene rings is 1. The van der Waals surface area contributed by atoms with Crippen molar-refractivity contribution in [3.8, 4) is 11.8 Å². The highest BCUT2D eigenvalue weighted by Crippen LogP contribution is 2.31. The molecule has 0 amide bonds. The molecule has 0 saturated carbocycles. The van der Waals surface area contributed by atoms with Crippen LogP contribution in [0.3, 0.4) is 0 Å². The normalized spacial score (nSPS) is 27.2. The molecule has 0 aromatic heterocycles. The van der Waals surface area contributed by atoms with E-state index in [1.807, 2.05) is 0 Å². The van der Waals surface area contributed by atoms with Gasteiger partial charge in [0.05, 0.1) is 5.92 Å². The van der Waals surface area contributed by atoms with Gasteiger partial charge in [0.25, 0.3) is 0 Å². The van der Waals surface area contributed by atoms with Gasteiger partial charge in [-0.05, 0) is 11.6 Å².